The van der Waals surface area contributed by atoms with E-state index in [4.69, 9.17) is 0 Å². The molecule has 2 aromatic rings. The molecule has 0 aliphatic rings. The van der Waals surface area contributed by atoms with Gasteiger partial charge in [0.25, 0.3) is 0 Å². The zero-order valence-electron chi connectivity index (χ0n) is 10.1. The normalized spacial score (nSPS) is 12.1. The van der Waals surface area contributed by atoms with Gasteiger partial charge < -0.3 is 5.32 Å². The highest BCUT2D eigenvalue weighted by Gasteiger charge is 2.20. The molecule has 94 valence electrons. The zero-order valence-corrected chi connectivity index (χ0v) is 10.9. The minimum atomic E-state index is -0.397. The molecule has 0 spiro atoms. The first kappa shape index (κ1) is 12.5. The fraction of sp³-hybridized carbons (Fsp3) is 0.250. The van der Waals surface area contributed by atoms with Crippen LogP contribution >= 0.6 is 11.3 Å². The van der Waals surface area contributed by atoms with Crippen molar-refractivity contribution in [2.45, 2.75) is 19.9 Å². The first-order valence-electron chi connectivity index (χ1n) is 5.49. The number of nitrogens with one attached hydrogen (secondary N) is 1. The number of nitrogens with zero attached hydrogens (tertiary/aromatic N) is 2. The van der Waals surface area contributed by atoms with E-state index in [1.165, 1.54) is 0 Å². The van der Waals surface area contributed by atoms with E-state index < -0.39 is 4.92 Å². The number of thiophene rings is 1. The SMILES string of the molecule is Cc1ccnc(NC(C)c2cccs2)c1[N+](=O)[O-]. The van der Waals surface area contributed by atoms with Crippen LogP contribution in [0.1, 0.15) is 23.4 Å². The largest absolute Gasteiger partial charge is 0.357 e. The molecule has 5 nitrogen and oxygen atoms in total. The lowest BCUT2D eigenvalue weighted by molar-refractivity contribution is -0.384. The van der Waals surface area contributed by atoms with Crippen LogP contribution in [0, 0.1) is 17.0 Å². The van der Waals surface area contributed by atoms with E-state index in [9.17, 15) is 10.1 Å². The van der Waals surface area contributed by atoms with Crippen molar-refractivity contribution in [1.29, 1.82) is 0 Å². The van der Waals surface area contributed by atoms with Gasteiger partial charge in [-0.05, 0) is 31.4 Å². The minimum Gasteiger partial charge on any atom is -0.357 e. The second kappa shape index (κ2) is 5.14. The van der Waals surface area contributed by atoms with E-state index in [1.54, 1.807) is 30.5 Å². The van der Waals surface area contributed by atoms with Crippen LogP contribution < -0.4 is 5.32 Å². The summed E-state index contributed by atoms with van der Waals surface area (Å²) < 4.78 is 0. The summed E-state index contributed by atoms with van der Waals surface area (Å²) in [6, 6.07) is 5.58. The van der Waals surface area contributed by atoms with Gasteiger partial charge in [0.1, 0.15) is 0 Å². The van der Waals surface area contributed by atoms with Gasteiger partial charge in [-0.25, -0.2) is 4.98 Å². The molecular formula is C12H13N3O2S. The zero-order chi connectivity index (χ0) is 13.1. The fourth-order valence-corrected chi connectivity index (χ4v) is 2.43. The van der Waals surface area contributed by atoms with E-state index in [1.807, 2.05) is 24.4 Å². The average Bonchev–Trinajstić information content (AvgIpc) is 2.81. The predicted molar refractivity (Wildman–Crippen MR) is 72.0 cm³/mol. The molecule has 0 saturated carbocycles. The standard InChI is InChI=1S/C12H13N3O2S/c1-8-5-6-13-12(11(8)15(16)17)14-9(2)10-4-3-7-18-10/h3-7,9H,1-2H3,(H,13,14). The van der Waals surface area contributed by atoms with Gasteiger partial charge in [-0.1, -0.05) is 6.07 Å². The molecule has 2 heterocycles. The van der Waals surface area contributed by atoms with E-state index >= 15 is 0 Å². The Kier molecular flexibility index (Phi) is 3.57. The summed E-state index contributed by atoms with van der Waals surface area (Å²) in [6.07, 6.45) is 1.58. The maximum absolute atomic E-state index is 11.0. The molecule has 0 fully saturated rings. The quantitative estimate of drug-likeness (QED) is 0.676. The molecule has 0 aromatic carbocycles. The molecule has 2 rings (SSSR count). The summed E-state index contributed by atoms with van der Waals surface area (Å²) in [7, 11) is 0. The number of hydrogen-bond acceptors (Lipinski definition) is 5. The summed E-state index contributed by atoms with van der Waals surface area (Å²) >= 11 is 1.61. The van der Waals surface area contributed by atoms with Gasteiger partial charge in [0, 0.05) is 16.6 Å². The highest BCUT2D eigenvalue weighted by Crippen LogP contribution is 2.29. The highest BCUT2D eigenvalue weighted by atomic mass is 32.1. The van der Waals surface area contributed by atoms with Gasteiger partial charge in [0.05, 0.1) is 11.0 Å². The van der Waals surface area contributed by atoms with E-state index in [0.717, 1.165) is 4.88 Å². The Morgan fingerprint density at radius 2 is 2.28 bits per heavy atom. The van der Waals surface area contributed by atoms with Crippen LogP contribution in [-0.4, -0.2) is 9.91 Å². The molecule has 1 atom stereocenters. The number of aryl methyl sites for hydroxylation is 1. The van der Waals surface area contributed by atoms with Crippen LogP contribution in [0.2, 0.25) is 0 Å². The summed E-state index contributed by atoms with van der Waals surface area (Å²) in [5.74, 6) is 0.320. The third-order valence-electron chi connectivity index (χ3n) is 2.63. The van der Waals surface area contributed by atoms with Crippen molar-refractivity contribution in [2.75, 3.05) is 5.32 Å². The summed E-state index contributed by atoms with van der Waals surface area (Å²) in [5, 5.41) is 16.1. The molecule has 0 amide bonds. The third kappa shape index (κ3) is 2.48. The van der Waals surface area contributed by atoms with Crippen molar-refractivity contribution in [3.05, 3.63) is 50.3 Å². The van der Waals surface area contributed by atoms with Gasteiger partial charge in [0.15, 0.2) is 0 Å². The lowest BCUT2D eigenvalue weighted by Crippen LogP contribution is -2.09. The fourth-order valence-electron chi connectivity index (χ4n) is 1.70. The second-order valence-electron chi connectivity index (χ2n) is 3.96. The summed E-state index contributed by atoms with van der Waals surface area (Å²) in [5.41, 5.74) is 0.650. The van der Waals surface area contributed by atoms with Crippen molar-refractivity contribution >= 4 is 22.8 Å². The van der Waals surface area contributed by atoms with Gasteiger partial charge >= 0.3 is 5.69 Å². The van der Waals surface area contributed by atoms with Crippen LogP contribution in [-0.2, 0) is 0 Å². The first-order chi connectivity index (χ1) is 8.59. The number of pyridine rings is 1. The molecule has 0 aliphatic carbocycles. The second-order valence-corrected chi connectivity index (χ2v) is 4.94. The molecule has 1 unspecified atom stereocenters. The van der Waals surface area contributed by atoms with Gasteiger partial charge in [-0.2, -0.15) is 0 Å². The van der Waals surface area contributed by atoms with Crippen LogP contribution in [0.3, 0.4) is 0 Å². The van der Waals surface area contributed by atoms with Crippen molar-refractivity contribution < 1.29 is 4.92 Å². The number of hydrogen-bond donors (Lipinski definition) is 1. The molecule has 2 aromatic heterocycles. The summed E-state index contributed by atoms with van der Waals surface area (Å²) in [6.45, 7) is 3.67. The monoisotopic (exact) mass is 263 g/mol. The Hall–Kier alpha value is -1.95. The molecule has 1 N–H and O–H groups in total. The molecular weight excluding hydrogens is 250 g/mol. The number of rotatable bonds is 4. The van der Waals surface area contributed by atoms with Crippen LogP contribution in [0.15, 0.2) is 29.8 Å². The van der Waals surface area contributed by atoms with Gasteiger partial charge in [-0.15, -0.1) is 11.3 Å². The Labute approximate surface area is 109 Å². The lowest BCUT2D eigenvalue weighted by Gasteiger charge is -2.13. The Bertz CT molecular complexity index is 554. The van der Waals surface area contributed by atoms with Gasteiger partial charge in [0.2, 0.25) is 5.82 Å². The molecule has 0 radical (unpaired) electrons. The topological polar surface area (TPSA) is 68.1 Å². The lowest BCUT2D eigenvalue weighted by atomic mass is 10.2. The Balaban J connectivity index is 2.29. The highest BCUT2D eigenvalue weighted by molar-refractivity contribution is 7.10. The van der Waals surface area contributed by atoms with Crippen molar-refractivity contribution in [2.24, 2.45) is 0 Å². The van der Waals surface area contributed by atoms with Gasteiger partial charge in [-0.3, -0.25) is 10.1 Å². The van der Waals surface area contributed by atoms with Crippen molar-refractivity contribution in [3.63, 3.8) is 0 Å². The Morgan fingerprint density at radius 3 is 2.89 bits per heavy atom. The molecule has 0 saturated heterocycles. The van der Waals surface area contributed by atoms with E-state index in [-0.39, 0.29) is 11.7 Å². The maximum Gasteiger partial charge on any atom is 0.314 e. The summed E-state index contributed by atoms with van der Waals surface area (Å²) in [4.78, 5) is 15.8. The molecule has 6 heteroatoms. The van der Waals surface area contributed by atoms with E-state index in [2.05, 4.69) is 10.3 Å². The molecule has 18 heavy (non-hydrogen) atoms. The van der Waals surface area contributed by atoms with E-state index in [0.29, 0.717) is 11.4 Å². The first-order valence-corrected chi connectivity index (χ1v) is 6.37. The minimum absolute atomic E-state index is 0.00185. The van der Waals surface area contributed by atoms with Crippen molar-refractivity contribution in [1.82, 2.24) is 4.98 Å². The predicted octanol–water partition coefficient (Wildman–Crippen LogP) is 3.53. The average molecular weight is 263 g/mol. The molecule has 0 aliphatic heterocycles. The molecule has 0 bridgehead atoms. The Morgan fingerprint density at radius 1 is 1.50 bits per heavy atom. The van der Waals surface area contributed by atoms with Crippen LogP contribution in [0.4, 0.5) is 11.5 Å². The number of nitro groups is 1. The van der Waals surface area contributed by atoms with Crippen LogP contribution in [0.5, 0.6) is 0 Å². The van der Waals surface area contributed by atoms with Crippen LogP contribution in [0.25, 0.3) is 0 Å². The smallest absolute Gasteiger partial charge is 0.314 e. The van der Waals surface area contributed by atoms with Crippen molar-refractivity contribution in [3.8, 4) is 0 Å². The maximum atomic E-state index is 11.0. The number of aromatic nitrogens is 1. The number of anilines is 1. The third-order valence-corrected chi connectivity index (χ3v) is 3.69.